The molecule has 0 saturated carbocycles. The highest BCUT2D eigenvalue weighted by atomic mass is 16.5. The van der Waals surface area contributed by atoms with Gasteiger partial charge in [0.05, 0.1) is 7.11 Å². The first kappa shape index (κ1) is 20.3. The van der Waals surface area contributed by atoms with E-state index < -0.39 is 0 Å². The van der Waals surface area contributed by atoms with E-state index >= 15 is 0 Å². The fourth-order valence-corrected chi connectivity index (χ4v) is 2.94. The van der Waals surface area contributed by atoms with E-state index in [2.05, 4.69) is 5.32 Å². The summed E-state index contributed by atoms with van der Waals surface area (Å²) in [5.74, 6) is 1.43. The van der Waals surface area contributed by atoms with Crippen molar-refractivity contribution >= 4 is 5.91 Å². The molecule has 3 aromatic rings. The smallest absolute Gasteiger partial charge is 0.220 e. The van der Waals surface area contributed by atoms with Crippen LogP contribution in [0.1, 0.15) is 23.1 Å². The maximum Gasteiger partial charge on any atom is 0.220 e. The van der Waals surface area contributed by atoms with E-state index in [0.717, 1.165) is 16.7 Å². The van der Waals surface area contributed by atoms with Gasteiger partial charge in [0.2, 0.25) is 5.91 Å². The molecule has 5 nitrogen and oxygen atoms in total. The van der Waals surface area contributed by atoms with Gasteiger partial charge in [-0.1, -0.05) is 54.6 Å². The predicted molar refractivity (Wildman–Crippen MR) is 112 cm³/mol. The van der Waals surface area contributed by atoms with Gasteiger partial charge in [-0.2, -0.15) is 0 Å². The van der Waals surface area contributed by atoms with E-state index in [0.29, 0.717) is 37.5 Å². The number of aryl methyl sites for hydroxylation is 1. The number of hydrogen-bond acceptors (Lipinski definition) is 4. The lowest BCUT2D eigenvalue weighted by Gasteiger charge is -2.13. The number of ether oxygens (including phenoxy) is 2. The number of carbonyl (C=O) groups excluding carboxylic acids is 1. The molecule has 0 saturated heterocycles. The van der Waals surface area contributed by atoms with Gasteiger partial charge < -0.3 is 19.9 Å². The number of phenolic OH excluding ortho intramolecular Hbond substituents is 1. The Bertz CT molecular complexity index is 941. The minimum Gasteiger partial charge on any atom is -0.508 e. The molecule has 5 heteroatoms. The third kappa shape index (κ3) is 6.01. The SMILES string of the molecule is COc1cc(CNC(=O)CCc2ccccc2O)ccc1OCc1ccccc1. The third-order valence-corrected chi connectivity index (χ3v) is 4.57. The molecule has 0 atom stereocenters. The zero-order valence-corrected chi connectivity index (χ0v) is 16.4. The highest BCUT2D eigenvalue weighted by Crippen LogP contribution is 2.29. The van der Waals surface area contributed by atoms with Crippen LogP contribution in [0.15, 0.2) is 72.8 Å². The summed E-state index contributed by atoms with van der Waals surface area (Å²) in [6.45, 7) is 0.856. The van der Waals surface area contributed by atoms with Gasteiger partial charge in [0, 0.05) is 13.0 Å². The third-order valence-electron chi connectivity index (χ3n) is 4.57. The second kappa shape index (κ2) is 10.2. The maximum atomic E-state index is 12.1. The summed E-state index contributed by atoms with van der Waals surface area (Å²) in [6, 6.07) is 22.6. The summed E-state index contributed by atoms with van der Waals surface area (Å²) < 4.78 is 11.3. The van der Waals surface area contributed by atoms with Gasteiger partial charge in [-0.3, -0.25) is 4.79 Å². The molecular formula is C24H25NO4. The average Bonchev–Trinajstić information content (AvgIpc) is 2.76. The Hall–Kier alpha value is -3.47. The fourth-order valence-electron chi connectivity index (χ4n) is 2.94. The van der Waals surface area contributed by atoms with Crippen LogP contribution in [0, 0.1) is 0 Å². The average molecular weight is 391 g/mol. The molecule has 1 amide bonds. The van der Waals surface area contributed by atoms with E-state index in [1.807, 2.05) is 60.7 Å². The van der Waals surface area contributed by atoms with Crippen molar-refractivity contribution in [2.45, 2.75) is 26.0 Å². The number of nitrogens with one attached hydrogen (secondary N) is 1. The first-order valence-corrected chi connectivity index (χ1v) is 9.53. The first-order valence-electron chi connectivity index (χ1n) is 9.53. The number of para-hydroxylation sites is 1. The summed E-state index contributed by atoms with van der Waals surface area (Å²) in [7, 11) is 1.60. The van der Waals surface area contributed by atoms with Gasteiger partial charge >= 0.3 is 0 Å². The molecule has 0 heterocycles. The zero-order chi connectivity index (χ0) is 20.5. The number of rotatable bonds is 9. The van der Waals surface area contributed by atoms with Crippen LogP contribution in [0.25, 0.3) is 0 Å². The maximum absolute atomic E-state index is 12.1. The van der Waals surface area contributed by atoms with Crippen LogP contribution in [0.5, 0.6) is 17.2 Å². The van der Waals surface area contributed by atoms with Crippen LogP contribution in [0.4, 0.5) is 0 Å². The van der Waals surface area contributed by atoms with E-state index in [-0.39, 0.29) is 11.7 Å². The molecule has 0 aliphatic heterocycles. The molecule has 0 aromatic heterocycles. The Labute approximate surface area is 170 Å². The summed E-state index contributed by atoms with van der Waals surface area (Å²) in [5.41, 5.74) is 2.77. The van der Waals surface area contributed by atoms with Crippen molar-refractivity contribution in [3.8, 4) is 17.2 Å². The summed E-state index contributed by atoms with van der Waals surface area (Å²) in [6.07, 6.45) is 0.807. The molecule has 3 rings (SSSR count). The van der Waals surface area contributed by atoms with Crippen molar-refractivity contribution in [2.24, 2.45) is 0 Å². The van der Waals surface area contributed by atoms with Crippen molar-refractivity contribution in [1.29, 1.82) is 0 Å². The van der Waals surface area contributed by atoms with Crippen LogP contribution in [0.3, 0.4) is 0 Å². The predicted octanol–water partition coefficient (Wildman–Crippen LogP) is 4.23. The van der Waals surface area contributed by atoms with Crippen LogP contribution in [0.2, 0.25) is 0 Å². The number of benzene rings is 3. The number of hydrogen-bond donors (Lipinski definition) is 2. The van der Waals surface area contributed by atoms with Crippen LogP contribution in [-0.2, 0) is 24.4 Å². The van der Waals surface area contributed by atoms with Gasteiger partial charge in [0.15, 0.2) is 11.5 Å². The Balaban J connectivity index is 1.51. The van der Waals surface area contributed by atoms with Crippen LogP contribution in [-0.4, -0.2) is 18.1 Å². The van der Waals surface area contributed by atoms with Crippen molar-refractivity contribution in [1.82, 2.24) is 5.32 Å². The van der Waals surface area contributed by atoms with Crippen LogP contribution < -0.4 is 14.8 Å². The number of methoxy groups -OCH3 is 1. The first-order chi connectivity index (χ1) is 14.2. The molecule has 0 unspecified atom stereocenters. The largest absolute Gasteiger partial charge is 0.508 e. The highest BCUT2D eigenvalue weighted by molar-refractivity contribution is 5.76. The zero-order valence-electron chi connectivity index (χ0n) is 16.4. The lowest BCUT2D eigenvalue weighted by molar-refractivity contribution is -0.121. The van der Waals surface area contributed by atoms with E-state index in [4.69, 9.17) is 9.47 Å². The monoisotopic (exact) mass is 391 g/mol. The van der Waals surface area contributed by atoms with Crippen molar-refractivity contribution in [2.75, 3.05) is 7.11 Å². The standard InChI is InChI=1S/C24H25NO4/c1-28-23-15-19(11-13-22(23)29-17-18-7-3-2-4-8-18)16-25-24(27)14-12-20-9-5-6-10-21(20)26/h2-11,13,15,26H,12,14,16-17H2,1H3,(H,25,27). The molecule has 0 aliphatic rings. The molecule has 29 heavy (non-hydrogen) atoms. The van der Waals surface area contributed by atoms with E-state index in [9.17, 15) is 9.90 Å². The summed E-state index contributed by atoms with van der Waals surface area (Å²) in [4.78, 5) is 12.1. The lowest BCUT2D eigenvalue weighted by atomic mass is 10.1. The normalized spacial score (nSPS) is 10.4. The Morgan fingerprint density at radius 2 is 1.69 bits per heavy atom. The van der Waals surface area contributed by atoms with Crippen molar-refractivity contribution in [3.05, 3.63) is 89.5 Å². The lowest BCUT2D eigenvalue weighted by Crippen LogP contribution is -2.23. The molecule has 3 aromatic carbocycles. The molecule has 0 radical (unpaired) electrons. The van der Waals surface area contributed by atoms with Gasteiger partial charge in [0.1, 0.15) is 12.4 Å². The highest BCUT2D eigenvalue weighted by Gasteiger charge is 2.09. The van der Waals surface area contributed by atoms with Gasteiger partial charge in [-0.25, -0.2) is 0 Å². The Kier molecular flexibility index (Phi) is 7.11. The molecule has 150 valence electrons. The fraction of sp³-hybridized carbons (Fsp3) is 0.208. The van der Waals surface area contributed by atoms with E-state index in [1.165, 1.54) is 0 Å². The molecular weight excluding hydrogens is 366 g/mol. The molecule has 0 bridgehead atoms. The topological polar surface area (TPSA) is 67.8 Å². The number of amides is 1. The van der Waals surface area contributed by atoms with Crippen molar-refractivity contribution in [3.63, 3.8) is 0 Å². The van der Waals surface area contributed by atoms with Gasteiger partial charge in [0.25, 0.3) is 0 Å². The quantitative estimate of drug-likeness (QED) is 0.573. The Morgan fingerprint density at radius 3 is 2.45 bits per heavy atom. The minimum atomic E-state index is -0.0726. The number of carbonyl (C=O) groups is 1. The summed E-state index contributed by atoms with van der Waals surface area (Å²) >= 11 is 0. The van der Waals surface area contributed by atoms with Crippen molar-refractivity contribution < 1.29 is 19.4 Å². The Morgan fingerprint density at radius 1 is 0.931 bits per heavy atom. The van der Waals surface area contributed by atoms with E-state index in [1.54, 1.807) is 19.2 Å². The number of aromatic hydroxyl groups is 1. The van der Waals surface area contributed by atoms with Gasteiger partial charge in [-0.15, -0.1) is 0 Å². The molecule has 0 spiro atoms. The minimum absolute atomic E-state index is 0.0726. The second-order valence-electron chi connectivity index (χ2n) is 6.66. The molecule has 2 N–H and O–H groups in total. The molecule has 0 fully saturated rings. The summed E-state index contributed by atoms with van der Waals surface area (Å²) in [5, 5.41) is 12.7. The second-order valence-corrected chi connectivity index (χ2v) is 6.66. The number of phenols is 1. The van der Waals surface area contributed by atoms with Gasteiger partial charge in [-0.05, 0) is 41.3 Å². The van der Waals surface area contributed by atoms with Crippen LogP contribution >= 0.6 is 0 Å². The molecule has 0 aliphatic carbocycles.